The summed E-state index contributed by atoms with van der Waals surface area (Å²) in [6.45, 7) is 4.16. The number of hydrogen-bond donors (Lipinski definition) is 1. The van der Waals surface area contributed by atoms with Crippen molar-refractivity contribution in [1.29, 1.82) is 0 Å². The van der Waals surface area contributed by atoms with Gasteiger partial charge in [0.05, 0.1) is 0 Å². The quantitative estimate of drug-likeness (QED) is 0.645. The molecule has 2 fully saturated rings. The summed E-state index contributed by atoms with van der Waals surface area (Å²) in [5.41, 5.74) is 0. The number of hydrogen-bond acceptors (Lipinski definition) is 2. The maximum absolute atomic E-state index is 11.5. The zero-order valence-electron chi connectivity index (χ0n) is 7.55. The summed E-state index contributed by atoms with van der Waals surface area (Å²) in [7, 11) is 0. The SMILES string of the molecule is CCCN1C(=O)CC2NCCC21. The number of rotatable bonds is 2. The molecule has 68 valence electrons. The van der Waals surface area contributed by atoms with Crippen LogP contribution in [0.4, 0.5) is 0 Å². The minimum absolute atomic E-state index is 0.346. The molecule has 0 bridgehead atoms. The first kappa shape index (κ1) is 8.05. The average molecular weight is 168 g/mol. The Morgan fingerprint density at radius 2 is 2.50 bits per heavy atom. The molecule has 0 aromatic heterocycles. The van der Waals surface area contributed by atoms with Gasteiger partial charge >= 0.3 is 0 Å². The van der Waals surface area contributed by atoms with Crippen molar-refractivity contribution < 1.29 is 4.79 Å². The van der Waals surface area contributed by atoms with Gasteiger partial charge in [0.15, 0.2) is 0 Å². The molecule has 1 amide bonds. The van der Waals surface area contributed by atoms with Crippen molar-refractivity contribution in [3.63, 3.8) is 0 Å². The van der Waals surface area contributed by atoms with E-state index in [2.05, 4.69) is 17.1 Å². The van der Waals surface area contributed by atoms with Crippen molar-refractivity contribution in [2.24, 2.45) is 0 Å². The van der Waals surface area contributed by atoms with Crippen LogP contribution in [0.1, 0.15) is 26.2 Å². The average Bonchev–Trinajstić information content (AvgIpc) is 2.56. The van der Waals surface area contributed by atoms with Crippen molar-refractivity contribution in [2.45, 2.75) is 38.3 Å². The van der Waals surface area contributed by atoms with Crippen LogP contribution < -0.4 is 5.32 Å². The molecule has 0 aromatic carbocycles. The number of nitrogens with zero attached hydrogens (tertiary/aromatic N) is 1. The van der Waals surface area contributed by atoms with Crippen LogP contribution in [-0.2, 0) is 4.79 Å². The predicted molar refractivity (Wildman–Crippen MR) is 46.8 cm³/mol. The van der Waals surface area contributed by atoms with Gasteiger partial charge in [-0.3, -0.25) is 4.79 Å². The first-order valence-corrected chi connectivity index (χ1v) is 4.85. The van der Waals surface area contributed by atoms with Crippen LogP contribution in [0.3, 0.4) is 0 Å². The Kier molecular flexibility index (Phi) is 2.05. The minimum atomic E-state index is 0.346. The van der Waals surface area contributed by atoms with E-state index >= 15 is 0 Å². The molecule has 0 aromatic rings. The third-order valence-corrected chi connectivity index (χ3v) is 2.89. The van der Waals surface area contributed by atoms with E-state index < -0.39 is 0 Å². The van der Waals surface area contributed by atoms with Crippen LogP contribution >= 0.6 is 0 Å². The number of fused-ring (bicyclic) bond motifs is 1. The van der Waals surface area contributed by atoms with E-state index in [0.717, 1.165) is 32.4 Å². The van der Waals surface area contributed by atoms with E-state index in [1.807, 2.05) is 0 Å². The van der Waals surface area contributed by atoms with Gasteiger partial charge < -0.3 is 10.2 Å². The second kappa shape index (κ2) is 3.05. The van der Waals surface area contributed by atoms with Crippen LogP contribution in [0.5, 0.6) is 0 Å². The Hall–Kier alpha value is -0.570. The van der Waals surface area contributed by atoms with E-state index in [1.165, 1.54) is 0 Å². The summed E-state index contributed by atoms with van der Waals surface area (Å²) in [6.07, 6.45) is 2.95. The van der Waals surface area contributed by atoms with Gasteiger partial charge in [0.25, 0.3) is 0 Å². The summed E-state index contributed by atoms with van der Waals surface area (Å²) in [4.78, 5) is 13.5. The van der Waals surface area contributed by atoms with Gasteiger partial charge in [-0.25, -0.2) is 0 Å². The van der Waals surface area contributed by atoms with Gasteiger partial charge in [-0.15, -0.1) is 0 Å². The fraction of sp³-hybridized carbons (Fsp3) is 0.889. The first-order valence-electron chi connectivity index (χ1n) is 4.85. The molecule has 0 spiro atoms. The lowest BCUT2D eigenvalue weighted by atomic mass is 10.1. The van der Waals surface area contributed by atoms with Crippen LogP contribution in [0.25, 0.3) is 0 Å². The maximum Gasteiger partial charge on any atom is 0.224 e. The Balaban J connectivity index is 2.05. The molecule has 3 nitrogen and oxygen atoms in total. The molecule has 2 aliphatic rings. The molecule has 2 atom stereocenters. The number of nitrogens with one attached hydrogen (secondary N) is 1. The lowest BCUT2D eigenvalue weighted by Gasteiger charge is -2.22. The summed E-state index contributed by atoms with van der Waals surface area (Å²) < 4.78 is 0. The van der Waals surface area contributed by atoms with Crippen molar-refractivity contribution in [3.05, 3.63) is 0 Å². The van der Waals surface area contributed by atoms with Crippen molar-refractivity contribution >= 4 is 5.91 Å². The Bertz CT molecular complexity index is 193. The zero-order valence-corrected chi connectivity index (χ0v) is 7.55. The fourth-order valence-electron chi connectivity index (χ4n) is 2.36. The third-order valence-electron chi connectivity index (χ3n) is 2.89. The summed E-state index contributed by atoms with van der Waals surface area (Å²) >= 11 is 0. The Labute approximate surface area is 73.1 Å². The molecule has 1 N–H and O–H groups in total. The smallest absolute Gasteiger partial charge is 0.224 e. The molecule has 0 aliphatic carbocycles. The summed E-state index contributed by atoms with van der Waals surface area (Å²) in [5.74, 6) is 0.346. The first-order chi connectivity index (χ1) is 5.83. The highest BCUT2D eigenvalue weighted by molar-refractivity contribution is 5.80. The third kappa shape index (κ3) is 1.12. The molecule has 2 saturated heterocycles. The predicted octanol–water partition coefficient (Wildman–Crippen LogP) is 0.359. The van der Waals surface area contributed by atoms with Gasteiger partial charge in [-0.05, 0) is 19.4 Å². The van der Waals surface area contributed by atoms with Gasteiger partial charge in [-0.2, -0.15) is 0 Å². The number of amides is 1. The van der Waals surface area contributed by atoms with Crippen molar-refractivity contribution in [2.75, 3.05) is 13.1 Å². The van der Waals surface area contributed by atoms with Crippen LogP contribution in [-0.4, -0.2) is 36.0 Å². The highest BCUT2D eigenvalue weighted by Gasteiger charge is 2.41. The van der Waals surface area contributed by atoms with E-state index in [1.54, 1.807) is 0 Å². The van der Waals surface area contributed by atoms with E-state index in [9.17, 15) is 4.79 Å². The number of likely N-dealkylation sites (tertiary alicyclic amines) is 1. The minimum Gasteiger partial charge on any atom is -0.338 e. The second-order valence-corrected chi connectivity index (χ2v) is 3.71. The fourth-order valence-corrected chi connectivity index (χ4v) is 2.36. The molecule has 2 aliphatic heterocycles. The molecule has 3 heteroatoms. The summed E-state index contributed by atoms with van der Waals surface area (Å²) in [6, 6.07) is 0.974. The molecular weight excluding hydrogens is 152 g/mol. The van der Waals surface area contributed by atoms with Gasteiger partial charge in [0.1, 0.15) is 0 Å². The molecule has 0 radical (unpaired) electrons. The van der Waals surface area contributed by atoms with Gasteiger partial charge in [-0.1, -0.05) is 6.92 Å². The number of carbonyl (C=O) groups is 1. The highest BCUT2D eigenvalue weighted by atomic mass is 16.2. The lowest BCUT2D eigenvalue weighted by molar-refractivity contribution is -0.129. The summed E-state index contributed by atoms with van der Waals surface area (Å²) in [5, 5.41) is 3.37. The van der Waals surface area contributed by atoms with E-state index in [0.29, 0.717) is 18.0 Å². The molecule has 2 unspecified atom stereocenters. The largest absolute Gasteiger partial charge is 0.338 e. The van der Waals surface area contributed by atoms with Crippen LogP contribution in [0.15, 0.2) is 0 Å². The van der Waals surface area contributed by atoms with Crippen LogP contribution in [0, 0.1) is 0 Å². The highest BCUT2D eigenvalue weighted by Crippen LogP contribution is 2.25. The monoisotopic (exact) mass is 168 g/mol. The molecule has 0 saturated carbocycles. The molecule has 2 heterocycles. The van der Waals surface area contributed by atoms with Gasteiger partial charge in [0, 0.05) is 25.0 Å². The normalized spacial score (nSPS) is 34.4. The zero-order chi connectivity index (χ0) is 8.55. The van der Waals surface area contributed by atoms with E-state index in [4.69, 9.17) is 0 Å². The van der Waals surface area contributed by atoms with Gasteiger partial charge in [0.2, 0.25) is 5.91 Å². The van der Waals surface area contributed by atoms with Crippen molar-refractivity contribution in [1.82, 2.24) is 10.2 Å². The Morgan fingerprint density at radius 3 is 3.25 bits per heavy atom. The van der Waals surface area contributed by atoms with Crippen molar-refractivity contribution in [3.8, 4) is 0 Å². The second-order valence-electron chi connectivity index (χ2n) is 3.71. The number of carbonyl (C=O) groups excluding carboxylic acids is 1. The maximum atomic E-state index is 11.5. The molecule has 12 heavy (non-hydrogen) atoms. The van der Waals surface area contributed by atoms with E-state index in [-0.39, 0.29) is 0 Å². The van der Waals surface area contributed by atoms with Crippen LogP contribution in [0.2, 0.25) is 0 Å². The molecular formula is C9H16N2O. The standard InChI is InChI=1S/C9H16N2O/c1-2-5-11-8-3-4-10-7(8)6-9(11)12/h7-8,10H,2-6H2,1H3. The Morgan fingerprint density at radius 1 is 1.67 bits per heavy atom. The topological polar surface area (TPSA) is 32.3 Å². The molecule has 2 rings (SSSR count). The lowest BCUT2D eigenvalue weighted by Crippen LogP contribution is -2.36.